The van der Waals surface area contributed by atoms with Crippen LogP contribution in [0, 0.1) is 5.82 Å². The van der Waals surface area contributed by atoms with Crippen LogP contribution in [0.3, 0.4) is 0 Å². The lowest BCUT2D eigenvalue weighted by Crippen LogP contribution is -1.96. The van der Waals surface area contributed by atoms with Gasteiger partial charge in [0.15, 0.2) is 0 Å². The molecule has 1 N–H and O–H groups in total. The van der Waals surface area contributed by atoms with Crippen molar-refractivity contribution in [1.29, 1.82) is 0 Å². The van der Waals surface area contributed by atoms with E-state index in [1.54, 1.807) is 12.1 Å². The average molecular weight is 380 g/mol. The van der Waals surface area contributed by atoms with Gasteiger partial charge >= 0.3 is 0 Å². The van der Waals surface area contributed by atoms with E-state index in [1.165, 1.54) is 18.3 Å². The molecule has 2 aromatic rings. The Hall–Kier alpha value is -0.650. The van der Waals surface area contributed by atoms with Crippen LogP contribution in [0.4, 0.5) is 15.9 Å². The summed E-state index contributed by atoms with van der Waals surface area (Å²) < 4.78 is 14.6. The molecule has 0 aliphatic heterocycles. The molecule has 1 aromatic carbocycles. The van der Waals surface area contributed by atoms with Gasteiger partial charge in [-0.2, -0.15) is 0 Å². The van der Waals surface area contributed by atoms with E-state index in [-0.39, 0.29) is 5.82 Å². The Labute approximate surface area is 119 Å². The van der Waals surface area contributed by atoms with Gasteiger partial charge in [-0.05, 0) is 56.1 Å². The standard InChI is InChI=1S/C11H6Br2ClFN2/c12-8-2-1-7(15)4-10(8)17-11-9(13)3-6(14)5-16-11/h1-5H,(H,16,17). The van der Waals surface area contributed by atoms with Gasteiger partial charge in [0.1, 0.15) is 11.6 Å². The highest BCUT2D eigenvalue weighted by Crippen LogP contribution is 2.30. The lowest BCUT2D eigenvalue weighted by atomic mass is 10.3. The number of nitrogens with one attached hydrogen (secondary N) is 1. The zero-order valence-corrected chi connectivity index (χ0v) is 12.3. The molecule has 1 heterocycles. The number of benzene rings is 1. The number of pyridine rings is 1. The van der Waals surface area contributed by atoms with E-state index in [9.17, 15) is 4.39 Å². The first-order valence-corrected chi connectivity index (χ1v) is 6.56. The van der Waals surface area contributed by atoms with E-state index in [0.29, 0.717) is 21.0 Å². The van der Waals surface area contributed by atoms with Crippen molar-refractivity contribution in [3.63, 3.8) is 0 Å². The van der Waals surface area contributed by atoms with Crippen molar-refractivity contribution >= 4 is 55.0 Å². The van der Waals surface area contributed by atoms with Crippen LogP contribution in [0.25, 0.3) is 0 Å². The molecule has 17 heavy (non-hydrogen) atoms. The van der Waals surface area contributed by atoms with Crippen molar-refractivity contribution < 1.29 is 4.39 Å². The molecular formula is C11H6Br2ClFN2. The fourth-order valence-electron chi connectivity index (χ4n) is 1.23. The number of halogens is 4. The molecule has 1 aromatic heterocycles. The molecule has 0 aliphatic carbocycles. The monoisotopic (exact) mass is 378 g/mol. The predicted octanol–water partition coefficient (Wildman–Crippen LogP) is 5.14. The smallest absolute Gasteiger partial charge is 0.144 e. The minimum atomic E-state index is -0.319. The number of aromatic nitrogens is 1. The van der Waals surface area contributed by atoms with Crippen LogP contribution in [0.5, 0.6) is 0 Å². The van der Waals surface area contributed by atoms with E-state index in [4.69, 9.17) is 11.6 Å². The predicted molar refractivity (Wildman–Crippen MR) is 74.3 cm³/mol. The lowest BCUT2D eigenvalue weighted by Gasteiger charge is -2.09. The van der Waals surface area contributed by atoms with Gasteiger partial charge in [0, 0.05) is 10.7 Å². The number of hydrogen-bond donors (Lipinski definition) is 1. The molecule has 0 saturated carbocycles. The summed E-state index contributed by atoms with van der Waals surface area (Å²) in [7, 11) is 0. The summed E-state index contributed by atoms with van der Waals surface area (Å²) >= 11 is 12.4. The largest absolute Gasteiger partial charge is 0.338 e. The molecule has 0 fully saturated rings. The maximum Gasteiger partial charge on any atom is 0.144 e. The first kappa shape index (κ1) is 12.8. The van der Waals surface area contributed by atoms with Crippen molar-refractivity contribution in [2.45, 2.75) is 0 Å². The van der Waals surface area contributed by atoms with Gasteiger partial charge in [0.2, 0.25) is 0 Å². The van der Waals surface area contributed by atoms with Crippen LogP contribution >= 0.6 is 43.5 Å². The Morgan fingerprint density at radius 2 is 1.94 bits per heavy atom. The third-order valence-corrected chi connectivity index (χ3v) is 3.49. The summed E-state index contributed by atoms with van der Waals surface area (Å²) in [6.45, 7) is 0. The molecule has 0 amide bonds. The zero-order chi connectivity index (χ0) is 12.4. The van der Waals surface area contributed by atoms with Gasteiger partial charge in [0.05, 0.1) is 15.2 Å². The number of rotatable bonds is 2. The molecule has 0 aliphatic rings. The Bertz CT molecular complexity index is 563. The van der Waals surface area contributed by atoms with E-state index in [2.05, 4.69) is 42.2 Å². The zero-order valence-electron chi connectivity index (χ0n) is 8.35. The first-order valence-electron chi connectivity index (χ1n) is 4.59. The fraction of sp³-hybridized carbons (Fsp3) is 0. The fourth-order valence-corrected chi connectivity index (χ4v) is 2.31. The van der Waals surface area contributed by atoms with E-state index >= 15 is 0 Å². The highest BCUT2D eigenvalue weighted by atomic mass is 79.9. The SMILES string of the molecule is Fc1ccc(Br)c(Nc2ncc(Cl)cc2Br)c1. The number of anilines is 2. The Morgan fingerprint density at radius 3 is 2.65 bits per heavy atom. The van der Waals surface area contributed by atoms with E-state index < -0.39 is 0 Å². The summed E-state index contributed by atoms with van der Waals surface area (Å²) in [5.41, 5.74) is 0.598. The number of hydrogen-bond acceptors (Lipinski definition) is 2. The lowest BCUT2D eigenvalue weighted by molar-refractivity contribution is 0.628. The van der Waals surface area contributed by atoms with Crippen molar-refractivity contribution in [2.75, 3.05) is 5.32 Å². The van der Waals surface area contributed by atoms with Gasteiger partial charge in [-0.3, -0.25) is 0 Å². The van der Waals surface area contributed by atoms with E-state index in [1.807, 2.05) is 0 Å². The Morgan fingerprint density at radius 1 is 1.18 bits per heavy atom. The van der Waals surface area contributed by atoms with Crippen molar-refractivity contribution in [1.82, 2.24) is 4.98 Å². The highest BCUT2D eigenvalue weighted by Gasteiger charge is 2.06. The van der Waals surface area contributed by atoms with Crippen LogP contribution in [-0.4, -0.2) is 4.98 Å². The second-order valence-electron chi connectivity index (χ2n) is 3.23. The normalized spacial score (nSPS) is 10.4. The minimum absolute atomic E-state index is 0.319. The highest BCUT2D eigenvalue weighted by molar-refractivity contribution is 9.11. The summed E-state index contributed by atoms with van der Waals surface area (Å²) in [5, 5.41) is 3.53. The summed E-state index contributed by atoms with van der Waals surface area (Å²) in [4.78, 5) is 4.11. The van der Waals surface area contributed by atoms with Gasteiger partial charge in [-0.25, -0.2) is 9.37 Å². The molecule has 0 radical (unpaired) electrons. The van der Waals surface area contributed by atoms with Crippen LogP contribution in [-0.2, 0) is 0 Å². The minimum Gasteiger partial charge on any atom is -0.338 e. The molecule has 0 unspecified atom stereocenters. The van der Waals surface area contributed by atoms with Crippen molar-refractivity contribution in [3.05, 3.63) is 50.2 Å². The third kappa shape index (κ3) is 3.18. The quantitative estimate of drug-likeness (QED) is 0.780. The molecule has 0 bridgehead atoms. The summed E-state index contributed by atoms with van der Waals surface area (Å²) in [6.07, 6.45) is 1.52. The van der Waals surface area contributed by atoms with Crippen LogP contribution in [0.1, 0.15) is 0 Å². The maximum absolute atomic E-state index is 13.1. The van der Waals surface area contributed by atoms with Gasteiger partial charge in [-0.15, -0.1) is 0 Å². The molecule has 0 saturated heterocycles. The second kappa shape index (κ2) is 5.33. The molecule has 2 rings (SSSR count). The topological polar surface area (TPSA) is 24.9 Å². The first-order chi connectivity index (χ1) is 8.06. The molecular weight excluding hydrogens is 374 g/mol. The molecule has 0 spiro atoms. The van der Waals surface area contributed by atoms with Crippen LogP contribution in [0.15, 0.2) is 39.4 Å². The van der Waals surface area contributed by atoms with Gasteiger partial charge in [-0.1, -0.05) is 11.6 Å². The summed E-state index contributed by atoms with van der Waals surface area (Å²) in [5.74, 6) is 0.251. The molecule has 0 atom stereocenters. The second-order valence-corrected chi connectivity index (χ2v) is 5.38. The van der Waals surface area contributed by atoms with Gasteiger partial charge in [0.25, 0.3) is 0 Å². The van der Waals surface area contributed by atoms with Crippen LogP contribution in [0.2, 0.25) is 5.02 Å². The maximum atomic E-state index is 13.1. The molecule has 2 nitrogen and oxygen atoms in total. The third-order valence-electron chi connectivity index (χ3n) is 1.99. The Balaban J connectivity index is 2.34. The Kier molecular flexibility index (Phi) is 4.01. The summed E-state index contributed by atoms with van der Waals surface area (Å²) in [6, 6.07) is 6.10. The molecule has 6 heteroatoms. The van der Waals surface area contributed by atoms with Crippen molar-refractivity contribution in [2.24, 2.45) is 0 Å². The van der Waals surface area contributed by atoms with E-state index in [0.717, 1.165) is 4.47 Å². The van der Waals surface area contributed by atoms with Crippen molar-refractivity contribution in [3.8, 4) is 0 Å². The van der Waals surface area contributed by atoms with Gasteiger partial charge < -0.3 is 5.32 Å². The average Bonchev–Trinajstić information content (AvgIpc) is 2.27. The molecule has 88 valence electrons. The van der Waals surface area contributed by atoms with Crippen LogP contribution < -0.4 is 5.32 Å². The number of nitrogens with zero attached hydrogens (tertiary/aromatic N) is 1.